The van der Waals surface area contributed by atoms with Gasteiger partial charge in [0.1, 0.15) is 19.0 Å². The molecule has 2 aliphatic heterocycles. The average Bonchev–Trinajstić information content (AvgIpc) is 3.72. The van der Waals surface area contributed by atoms with Crippen molar-refractivity contribution in [1.82, 2.24) is 14.5 Å². The highest BCUT2D eigenvalue weighted by Crippen LogP contribution is 2.36. The molecule has 0 spiro atoms. The van der Waals surface area contributed by atoms with Gasteiger partial charge in [0.2, 0.25) is 6.79 Å². The maximum absolute atomic E-state index is 5.96. The highest BCUT2D eigenvalue weighted by molar-refractivity contribution is 7.99. The molecule has 0 unspecified atom stereocenters. The van der Waals surface area contributed by atoms with Gasteiger partial charge in [-0.2, -0.15) is 0 Å². The van der Waals surface area contributed by atoms with E-state index in [9.17, 15) is 0 Å². The largest absolute Gasteiger partial charge is 0.486 e. The number of ether oxygens (including phenoxy) is 4. The van der Waals surface area contributed by atoms with Gasteiger partial charge in [-0.25, -0.2) is 4.98 Å². The first-order valence-electron chi connectivity index (χ1n) is 16.6. The van der Waals surface area contributed by atoms with Gasteiger partial charge in [0.05, 0.1) is 11.4 Å². The summed E-state index contributed by atoms with van der Waals surface area (Å²) in [5, 5.41) is 0. The summed E-state index contributed by atoms with van der Waals surface area (Å²) in [6.07, 6.45) is 2.17. The molecule has 0 amide bonds. The van der Waals surface area contributed by atoms with E-state index in [-0.39, 0.29) is 6.79 Å². The molecule has 242 valence electrons. The molecule has 3 heterocycles. The first kappa shape index (κ1) is 31.2. The Morgan fingerprint density at radius 2 is 1.36 bits per heavy atom. The van der Waals surface area contributed by atoms with Crippen LogP contribution in [0.3, 0.4) is 0 Å². The third-order valence-electron chi connectivity index (χ3n) is 8.51. The first-order chi connectivity index (χ1) is 23.2. The Morgan fingerprint density at radius 1 is 0.702 bits per heavy atom. The van der Waals surface area contributed by atoms with Crippen molar-refractivity contribution < 1.29 is 18.9 Å². The Morgan fingerprint density at radius 3 is 2.06 bits per heavy atom. The highest BCUT2D eigenvalue weighted by Gasteiger charge is 2.24. The molecule has 0 saturated heterocycles. The normalized spacial score (nSPS) is 13.3. The molecule has 0 radical (unpaired) electrons. The Bertz CT molecular complexity index is 1810. The van der Waals surface area contributed by atoms with Gasteiger partial charge in [-0.3, -0.25) is 4.90 Å². The van der Waals surface area contributed by atoms with Crippen LogP contribution in [0.2, 0.25) is 0 Å². The van der Waals surface area contributed by atoms with Crippen LogP contribution in [-0.4, -0.2) is 40.2 Å². The zero-order valence-corrected chi connectivity index (χ0v) is 27.9. The van der Waals surface area contributed by atoms with E-state index in [0.29, 0.717) is 19.8 Å². The molecule has 7 nitrogen and oxygen atoms in total. The van der Waals surface area contributed by atoms with Crippen LogP contribution in [0.5, 0.6) is 23.0 Å². The summed E-state index contributed by atoms with van der Waals surface area (Å²) in [6, 6.07) is 32.0. The minimum absolute atomic E-state index is 0.261. The van der Waals surface area contributed by atoms with Crippen LogP contribution in [-0.2, 0) is 26.2 Å². The third-order valence-corrected chi connectivity index (χ3v) is 9.40. The van der Waals surface area contributed by atoms with Crippen LogP contribution in [0.4, 0.5) is 0 Å². The van der Waals surface area contributed by atoms with Crippen LogP contribution >= 0.6 is 11.8 Å². The van der Waals surface area contributed by atoms with Crippen molar-refractivity contribution in [3.8, 4) is 45.6 Å². The summed E-state index contributed by atoms with van der Waals surface area (Å²) in [5.41, 5.74) is 6.84. The molecule has 8 heteroatoms. The molecule has 2 aliphatic rings. The molecule has 0 fully saturated rings. The maximum atomic E-state index is 5.96. The fraction of sp³-hybridized carbons (Fsp3) is 0.308. The van der Waals surface area contributed by atoms with Gasteiger partial charge < -0.3 is 23.5 Å². The summed E-state index contributed by atoms with van der Waals surface area (Å²) in [4.78, 5) is 9.17. The molecule has 7 rings (SSSR count). The lowest BCUT2D eigenvalue weighted by atomic mass is 10.1. The summed E-state index contributed by atoms with van der Waals surface area (Å²) >= 11 is 1.86. The summed E-state index contributed by atoms with van der Waals surface area (Å²) in [7, 11) is 0. The lowest BCUT2D eigenvalue weighted by molar-refractivity contribution is 0.170. The Labute approximate surface area is 281 Å². The Kier molecular flexibility index (Phi) is 9.68. The van der Waals surface area contributed by atoms with Crippen molar-refractivity contribution in [2.24, 2.45) is 0 Å². The molecule has 5 aromatic rings. The van der Waals surface area contributed by atoms with Crippen molar-refractivity contribution in [1.29, 1.82) is 0 Å². The van der Waals surface area contributed by atoms with Gasteiger partial charge in [-0.05, 0) is 59.7 Å². The van der Waals surface area contributed by atoms with Gasteiger partial charge >= 0.3 is 0 Å². The second-order valence-electron chi connectivity index (χ2n) is 11.9. The van der Waals surface area contributed by atoms with Gasteiger partial charge in [0, 0.05) is 42.2 Å². The van der Waals surface area contributed by atoms with Crippen LogP contribution in [0.1, 0.15) is 43.5 Å². The Balaban J connectivity index is 1.31. The summed E-state index contributed by atoms with van der Waals surface area (Å²) < 4.78 is 25.6. The number of thioether (sulfide) groups is 1. The van der Waals surface area contributed by atoms with E-state index in [2.05, 4.69) is 102 Å². The smallest absolute Gasteiger partial charge is 0.231 e. The first-order valence-corrected chi connectivity index (χ1v) is 17.5. The lowest BCUT2D eigenvalue weighted by Crippen LogP contribution is -2.25. The number of benzene rings is 4. The molecule has 0 bridgehead atoms. The molecule has 0 atom stereocenters. The van der Waals surface area contributed by atoms with Gasteiger partial charge in [0.15, 0.2) is 23.0 Å². The number of nitrogens with zero attached hydrogens (tertiary/aromatic N) is 3. The highest BCUT2D eigenvalue weighted by atomic mass is 32.2. The monoisotopic (exact) mass is 647 g/mol. The maximum Gasteiger partial charge on any atom is 0.231 e. The van der Waals surface area contributed by atoms with E-state index < -0.39 is 0 Å². The number of imidazole rings is 1. The molecule has 0 saturated carbocycles. The quantitative estimate of drug-likeness (QED) is 0.118. The second kappa shape index (κ2) is 14.6. The summed E-state index contributed by atoms with van der Waals surface area (Å²) in [5.74, 6) is 5.26. The van der Waals surface area contributed by atoms with E-state index in [4.69, 9.17) is 23.9 Å². The van der Waals surface area contributed by atoms with Gasteiger partial charge in [-0.15, -0.1) is 11.8 Å². The zero-order chi connectivity index (χ0) is 32.0. The second-order valence-corrected chi connectivity index (χ2v) is 13.2. The molecule has 1 aromatic heterocycles. The summed E-state index contributed by atoms with van der Waals surface area (Å²) in [6.45, 7) is 8.88. The van der Waals surface area contributed by atoms with E-state index >= 15 is 0 Å². The standard InChI is InChI=1S/C39H41N3O4S/c1-3-5-19-42-33(38(30-13-15-32(16-14-30)47-4-2)40-39(42)31-9-7-6-8-10-31)26-41(25-29-12-18-35-37(23-29)46-27-45-35)24-28-11-17-34-36(22-28)44-21-20-43-34/h6-18,22-23H,3-5,19-21,24-27H2,1-2H3. The molecule has 4 aromatic carbocycles. The van der Waals surface area contributed by atoms with E-state index in [1.165, 1.54) is 16.2 Å². The third kappa shape index (κ3) is 7.14. The minimum atomic E-state index is 0.261. The predicted octanol–water partition coefficient (Wildman–Crippen LogP) is 8.83. The van der Waals surface area contributed by atoms with Crippen LogP contribution < -0.4 is 18.9 Å². The van der Waals surface area contributed by atoms with E-state index in [1.807, 2.05) is 23.9 Å². The van der Waals surface area contributed by atoms with Crippen LogP contribution in [0.15, 0.2) is 95.9 Å². The molecule has 0 aliphatic carbocycles. The predicted molar refractivity (Wildman–Crippen MR) is 187 cm³/mol. The number of hydrogen-bond acceptors (Lipinski definition) is 7. The number of aromatic nitrogens is 2. The fourth-order valence-corrected chi connectivity index (χ4v) is 6.90. The number of unbranched alkanes of at least 4 members (excludes halogenated alkanes) is 1. The minimum Gasteiger partial charge on any atom is -0.486 e. The van der Waals surface area contributed by atoms with E-state index in [0.717, 1.165) is 89.4 Å². The van der Waals surface area contributed by atoms with Crippen LogP contribution in [0, 0.1) is 0 Å². The van der Waals surface area contributed by atoms with Crippen LogP contribution in [0.25, 0.3) is 22.6 Å². The fourth-order valence-electron chi connectivity index (χ4n) is 6.24. The topological polar surface area (TPSA) is 58.0 Å². The molecule has 47 heavy (non-hydrogen) atoms. The van der Waals surface area contributed by atoms with Crippen molar-refractivity contribution >= 4 is 11.8 Å². The lowest BCUT2D eigenvalue weighted by Gasteiger charge is -2.26. The van der Waals surface area contributed by atoms with Gasteiger partial charge in [0.25, 0.3) is 0 Å². The zero-order valence-electron chi connectivity index (χ0n) is 27.1. The molecule has 0 N–H and O–H groups in total. The van der Waals surface area contributed by atoms with Gasteiger partial charge in [-0.1, -0.05) is 74.9 Å². The van der Waals surface area contributed by atoms with Crippen molar-refractivity contribution in [3.05, 3.63) is 108 Å². The number of hydrogen-bond donors (Lipinski definition) is 0. The Hall–Kier alpha value is -4.40. The average molecular weight is 648 g/mol. The molecular formula is C39H41N3O4S. The SMILES string of the molecule is CCCCn1c(-c2ccccc2)nc(-c2ccc(SCC)cc2)c1CN(Cc1ccc2c(c1)OCCO2)Cc1ccc2c(c1)OCO2. The molecular weight excluding hydrogens is 607 g/mol. The van der Waals surface area contributed by atoms with Crippen molar-refractivity contribution in [3.63, 3.8) is 0 Å². The number of fused-ring (bicyclic) bond motifs is 2. The number of rotatable bonds is 13. The van der Waals surface area contributed by atoms with Crippen molar-refractivity contribution in [2.45, 2.75) is 57.8 Å². The van der Waals surface area contributed by atoms with Crippen molar-refractivity contribution in [2.75, 3.05) is 25.8 Å². The van der Waals surface area contributed by atoms with E-state index in [1.54, 1.807) is 0 Å².